The van der Waals surface area contributed by atoms with Crippen molar-refractivity contribution in [3.05, 3.63) is 23.2 Å². The molecule has 116 valence electrons. The molecule has 0 radical (unpaired) electrons. The molecule has 1 unspecified atom stereocenters. The largest absolute Gasteiger partial charge is 0.463 e. The Labute approximate surface area is 127 Å². The summed E-state index contributed by atoms with van der Waals surface area (Å²) in [7, 11) is 0. The van der Waals surface area contributed by atoms with Crippen LogP contribution < -0.4 is 5.32 Å². The minimum absolute atomic E-state index is 0.744. The van der Waals surface area contributed by atoms with Gasteiger partial charge in [-0.3, -0.25) is 9.80 Å². The average Bonchev–Trinajstić information content (AvgIpc) is 3.07. The molecule has 4 nitrogen and oxygen atoms in total. The van der Waals surface area contributed by atoms with Crippen molar-refractivity contribution in [1.82, 2.24) is 15.1 Å². The summed E-state index contributed by atoms with van der Waals surface area (Å²) in [5, 5.41) is 3.55. The van der Waals surface area contributed by atoms with Gasteiger partial charge in [-0.2, -0.15) is 0 Å². The zero-order valence-electron chi connectivity index (χ0n) is 13.1. The SMILES string of the molecule is Cc1cc(CN2CCN3CCCC3C2)oc1CNC1CC1. The van der Waals surface area contributed by atoms with Gasteiger partial charge < -0.3 is 9.73 Å². The van der Waals surface area contributed by atoms with Crippen LogP contribution in [0.5, 0.6) is 0 Å². The average molecular weight is 289 g/mol. The molecule has 1 aromatic heterocycles. The van der Waals surface area contributed by atoms with Gasteiger partial charge in [0.05, 0.1) is 13.1 Å². The molecule has 1 aromatic rings. The van der Waals surface area contributed by atoms with Gasteiger partial charge in [0.15, 0.2) is 0 Å². The summed E-state index contributed by atoms with van der Waals surface area (Å²) in [4.78, 5) is 5.23. The number of hydrogen-bond donors (Lipinski definition) is 1. The Morgan fingerprint density at radius 1 is 1.24 bits per heavy atom. The Bertz CT molecular complexity index is 494. The maximum atomic E-state index is 6.09. The summed E-state index contributed by atoms with van der Waals surface area (Å²) in [5.41, 5.74) is 1.30. The molecule has 3 heterocycles. The molecule has 1 aliphatic carbocycles. The molecule has 0 amide bonds. The lowest BCUT2D eigenvalue weighted by atomic mass is 10.1. The highest BCUT2D eigenvalue weighted by atomic mass is 16.3. The quantitative estimate of drug-likeness (QED) is 0.900. The third-order valence-electron chi connectivity index (χ3n) is 5.25. The number of nitrogens with zero attached hydrogens (tertiary/aromatic N) is 2. The fourth-order valence-corrected chi connectivity index (χ4v) is 3.79. The molecule has 2 aliphatic heterocycles. The minimum atomic E-state index is 0.744. The van der Waals surface area contributed by atoms with Gasteiger partial charge in [-0.25, -0.2) is 0 Å². The molecular weight excluding hydrogens is 262 g/mol. The second-order valence-electron chi connectivity index (χ2n) is 7.04. The fraction of sp³-hybridized carbons (Fsp3) is 0.765. The molecule has 0 spiro atoms. The van der Waals surface area contributed by atoms with E-state index in [2.05, 4.69) is 28.1 Å². The van der Waals surface area contributed by atoms with Crippen LogP contribution in [0, 0.1) is 6.92 Å². The van der Waals surface area contributed by atoms with E-state index in [-0.39, 0.29) is 0 Å². The molecule has 0 aromatic carbocycles. The van der Waals surface area contributed by atoms with Crippen molar-refractivity contribution >= 4 is 0 Å². The molecule has 0 bridgehead atoms. The van der Waals surface area contributed by atoms with E-state index in [1.54, 1.807) is 0 Å². The number of rotatable bonds is 5. The zero-order chi connectivity index (χ0) is 14.2. The number of hydrogen-bond acceptors (Lipinski definition) is 4. The molecule has 3 aliphatic rings. The normalized spacial score (nSPS) is 27.2. The molecule has 3 fully saturated rings. The van der Waals surface area contributed by atoms with Crippen molar-refractivity contribution in [3.63, 3.8) is 0 Å². The Morgan fingerprint density at radius 2 is 2.14 bits per heavy atom. The van der Waals surface area contributed by atoms with Crippen LogP contribution in [0.4, 0.5) is 0 Å². The first-order valence-electron chi connectivity index (χ1n) is 8.56. The van der Waals surface area contributed by atoms with Gasteiger partial charge in [-0.05, 0) is 50.8 Å². The Morgan fingerprint density at radius 3 is 3.00 bits per heavy atom. The van der Waals surface area contributed by atoms with Gasteiger partial charge in [0.2, 0.25) is 0 Å². The van der Waals surface area contributed by atoms with Crippen molar-refractivity contribution in [1.29, 1.82) is 0 Å². The summed E-state index contributed by atoms with van der Waals surface area (Å²) in [6.07, 6.45) is 5.43. The smallest absolute Gasteiger partial charge is 0.120 e. The Kier molecular flexibility index (Phi) is 3.78. The molecular formula is C17H27N3O. The third-order valence-corrected chi connectivity index (χ3v) is 5.25. The van der Waals surface area contributed by atoms with Crippen LogP contribution in [0.2, 0.25) is 0 Å². The van der Waals surface area contributed by atoms with Crippen molar-refractivity contribution in [2.45, 2.75) is 57.8 Å². The fourth-order valence-electron chi connectivity index (χ4n) is 3.79. The van der Waals surface area contributed by atoms with Crippen LogP contribution in [0.1, 0.15) is 42.8 Å². The molecule has 21 heavy (non-hydrogen) atoms. The number of aryl methyl sites for hydroxylation is 1. The predicted molar refractivity (Wildman–Crippen MR) is 83.2 cm³/mol. The van der Waals surface area contributed by atoms with Gasteiger partial charge in [0, 0.05) is 31.7 Å². The summed E-state index contributed by atoms with van der Waals surface area (Å²) < 4.78 is 6.09. The first-order chi connectivity index (χ1) is 10.3. The first kappa shape index (κ1) is 13.8. The third kappa shape index (κ3) is 3.17. The van der Waals surface area contributed by atoms with Crippen LogP contribution in [0.3, 0.4) is 0 Å². The van der Waals surface area contributed by atoms with Gasteiger partial charge in [-0.1, -0.05) is 0 Å². The van der Waals surface area contributed by atoms with E-state index in [1.807, 2.05) is 0 Å². The van der Waals surface area contributed by atoms with E-state index < -0.39 is 0 Å². The predicted octanol–water partition coefficient (Wildman–Crippen LogP) is 2.12. The van der Waals surface area contributed by atoms with E-state index >= 15 is 0 Å². The number of fused-ring (bicyclic) bond motifs is 1. The highest BCUT2D eigenvalue weighted by Gasteiger charge is 2.30. The highest BCUT2D eigenvalue weighted by molar-refractivity contribution is 5.20. The molecule has 4 heteroatoms. The lowest BCUT2D eigenvalue weighted by molar-refractivity contribution is 0.0937. The van der Waals surface area contributed by atoms with Crippen molar-refractivity contribution in [2.75, 3.05) is 26.2 Å². The maximum absolute atomic E-state index is 6.09. The summed E-state index contributed by atoms with van der Waals surface area (Å²) in [6, 6.07) is 3.78. The van der Waals surface area contributed by atoms with Crippen molar-refractivity contribution in [3.8, 4) is 0 Å². The zero-order valence-corrected chi connectivity index (χ0v) is 13.1. The second-order valence-corrected chi connectivity index (χ2v) is 7.04. The van der Waals surface area contributed by atoms with E-state index in [0.29, 0.717) is 0 Å². The van der Waals surface area contributed by atoms with Gasteiger partial charge >= 0.3 is 0 Å². The lowest BCUT2D eigenvalue weighted by Gasteiger charge is -2.37. The number of piperazine rings is 1. The highest BCUT2D eigenvalue weighted by Crippen LogP contribution is 2.24. The summed E-state index contributed by atoms with van der Waals surface area (Å²) >= 11 is 0. The maximum Gasteiger partial charge on any atom is 0.120 e. The Hall–Kier alpha value is -0.840. The van der Waals surface area contributed by atoms with E-state index in [4.69, 9.17) is 4.42 Å². The van der Waals surface area contributed by atoms with Gasteiger partial charge in [0.1, 0.15) is 11.5 Å². The van der Waals surface area contributed by atoms with Crippen LogP contribution in [-0.4, -0.2) is 48.1 Å². The van der Waals surface area contributed by atoms with Crippen molar-refractivity contribution in [2.24, 2.45) is 0 Å². The van der Waals surface area contributed by atoms with Crippen LogP contribution in [0.25, 0.3) is 0 Å². The standard InChI is InChI=1S/C17H27N3O/c1-13-9-16(21-17(13)10-18-14-4-5-14)12-19-7-8-20-6-2-3-15(20)11-19/h9,14-15,18H,2-8,10-12H2,1H3. The molecule has 1 atom stereocenters. The second kappa shape index (κ2) is 5.75. The molecule has 1 saturated carbocycles. The minimum Gasteiger partial charge on any atom is -0.463 e. The van der Waals surface area contributed by atoms with Crippen LogP contribution in [-0.2, 0) is 13.1 Å². The van der Waals surface area contributed by atoms with E-state index in [9.17, 15) is 0 Å². The van der Waals surface area contributed by atoms with Gasteiger partial charge in [-0.15, -0.1) is 0 Å². The van der Waals surface area contributed by atoms with Crippen LogP contribution in [0.15, 0.2) is 10.5 Å². The first-order valence-corrected chi connectivity index (χ1v) is 8.56. The molecule has 1 N–H and O–H groups in total. The monoisotopic (exact) mass is 289 g/mol. The van der Waals surface area contributed by atoms with Crippen LogP contribution >= 0.6 is 0 Å². The number of furan rings is 1. The summed E-state index contributed by atoms with van der Waals surface area (Å²) in [6.45, 7) is 9.00. The Balaban J connectivity index is 1.34. The number of nitrogens with one attached hydrogen (secondary N) is 1. The molecule has 4 rings (SSSR count). The van der Waals surface area contributed by atoms with Crippen molar-refractivity contribution < 1.29 is 4.42 Å². The van der Waals surface area contributed by atoms with E-state index in [0.717, 1.165) is 36.7 Å². The molecule has 2 saturated heterocycles. The lowest BCUT2D eigenvalue weighted by Crippen LogP contribution is -2.49. The van der Waals surface area contributed by atoms with E-state index in [1.165, 1.54) is 57.4 Å². The summed E-state index contributed by atoms with van der Waals surface area (Å²) in [5.74, 6) is 2.28. The van der Waals surface area contributed by atoms with Gasteiger partial charge in [0.25, 0.3) is 0 Å². The topological polar surface area (TPSA) is 31.6 Å².